The van der Waals surface area contributed by atoms with E-state index in [1.807, 2.05) is 39.9 Å². The number of rotatable bonds is 5. The van der Waals surface area contributed by atoms with Crippen molar-refractivity contribution >= 4 is 11.8 Å². The van der Waals surface area contributed by atoms with Gasteiger partial charge in [-0.1, -0.05) is 13.0 Å². The lowest BCUT2D eigenvalue weighted by Crippen LogP contribution is -2.55. The van der Waals surface area contributed by atoms with Gasteiger partial charge >= 0.3 is 0 Å². The van der Waals surface area contributed by atoms with Crippen molar-refractivity contribution < 1.29 is 9.59 Å². The van der Waals surface area contributed by atoms with Gasteiger partial charge in [0.1, 0.15) is 0 Å². The highest BCUT2D eigenvalue weighted by Gasteiger charge is 2.42. The summed E-state index contributed by atoms with van der Waals surface area (Å²) in [7, 11) is 1.98. The normalized spacial score (nSPS) is 23.7. The molecule has 2 aliphatic heterocycles. The van der Waals surface area contributed by atoms with E-state index in [0.717, 1.165) is 51.1 Å². The second kappa shape index (κ2) is 8.16. The number of carbonyl (C=O) groups excluding carboxylic acids is 2. The summed E-state index contributed by atoms with van der Waals surface area (Å²) in [6, 6.07) is 5.81. The van der Waals surface area contributed by atoms with Gasteiger partial charge in [-0.2, -0.15) is 0 Å². The predicted octanol–water partition coefficient (Wildman–Crippen LogP) is 1.76. The van der Waals surface area contributed by atoms with Crippen LogP contribution in [0.3, 0.4) is 0 Å². The number of likely N-dealkylation sites (N-methyl/N-ethyl adjacent to an activating group) is 1. The number of hydrogen-bond donors (Lipinski definition) is 0. The summed E-state index contributed by atoms with van der Waals surface area (Å²) in [4.78, 5) is 35.4. The third kappa shape index (κ3) is 4.41. The van der Waals surface area contributed by atoms with Gasteiger partial charge in [0.2, 0.25) is 11.8 Å². The van der Waals surface area contributed by atoms with Crippen LogP contribution in [-0.4, -0.2) is 71.3 Å². The van der Waals surface area contributed by atoms with E-state index in [1.165, 1.54) is 0 Å². The van der Waals surface area contributed by atoms with Crippen molar-refractivity contribution in [3.8, 4) is 0 Å². The molecule has 3 rings (SSSR count). The van der Waals surface area contributed by atoms with Gasteiger partial charge in [-0.15, -0.1) is 0 Å². The Labute approximate surface area is 156 Å². The van der Waals surface area contributed by atoms with Crippen LogP contribution >= 0.6 is 0 Å². The molecule has 26 heavy (non-hydrogen) atoms. The lowest BCUT2D eigenvalue weighted by atomic mass is 9.73. The number of likely N-dealkylation sites (tertiary alicyclic amines) is 2. The molecule has 1 aromatic rings. The molecule has 6 heteroatoms. The van der Waals surface area contributed by atoms with Gasteiger partial charge < -0.3 is 9.80 Å². The molecule has 3 heterocycles. The number of amides is 2. The van der Waals surface area contributed by atoms with Gasteiger partial charge in [0.05, 0.1) is 18.8 Å². The first-order chi connectivity index (χ1) is 12.5. The molecular weight excluding hydrogens is 328 g/mol. The highest BCUT2D eigenvalue weighted by Crippen LogP contribution is 2.39. The Morgan fingerprint density at radius 1 is 1.31 bits per heavy atom. The number of nitrogens with zero attached hydrogens (tertiary/aromatic N) is 4. The smallest absolute Gasteiger partial charge is 0.236 e. The molecule has 1 spiro atoms. The summed E-state index contributed by atoms with van der Waals surface area (Å²) >= 11 is 0. The zero-order valence-corrected chi connectivity index (χ0v) is 16.0. The predicted molar refractivity (Wildman–Crippen MR) is 100 cm³/mol. The Kier molecular flexibility index (Phi) is 5.91. The summed E-state index contributed by atoms with van der Waals surface area (Å²) in [5.74, 6) is 0.414. The standard InChI is InChI=1S/C20H30N4O2/c1-3-22(2)14-19(26)23-12-6-9-20(15-23)10-8-18(25)24(16-20)13-17-7-4-5-11-21-17/h4-5,7,11H,3,6,8-10,12-16H2,1-2H3/t20-/m0/s1. The van der Waals surface area contributed by atoms with E-state index in [-0.39, 0.29) is 17.2 Å². The van der Waals surface area contributed by atoms with Gasteiger partial charge in [0.25, 0.3) is 0 Å². The molecule has 0 radical (unpaired) electrons. The van der Waals surface area contributed by atoms with Crippen molar-refractivity contribution in [2.75, 3.05) is 39.8 Å². The fourth-order valence-electron chi connectivity index (χ4n) is 4.13. The Morgan fingerprint density at radius 3 is 2.88 bits per heavy atom. The van der Waals surface area contributed by atoms with Gasteiger partial charge in [0, 0.05) is 37.7 Å². The molecule has 2 aliphatic rings. The molecule has 2 saturated heterocycles. The first-order valence-electron chi connectivity index (χ1n) is 9.65. The summed E-state index contributed by atoms with van der Waals surface area (Å²) in [6.07, 6.45) is 5.34. The van der Waals surface area contributed by atoms with Crippen LogP contribution < -0.4 is 0 Å². The van der Waals surface area contributed by atoms with Gasteiger partial charge in [-0.05, 0) is 45.0 Å². The van der Waals surface area contributed by atoms with E-state index < -0.39 is 0 Å². The van der Waals surface area contributed by atoms with Crippen LogP contribution in [0.5, 0.6) is 0 Å². The van der Waals surface area contributed by atoms with Crippen molar-refractivity contribution in [2.24, 2.45) is 5.41 Å². The fourth-order valence-corrected chi connectivity index (χ4v) is 4.13. The molecular formula is C20H30N4O2. The maximum atomic E-state index is 12.6. The van der Waals surface area contributed by atoms with Crippen LogP contribution in [0, 0.1) is 5.41 Å². The van der Waals surface area contributed by atoms with Crippen molar-refractivity contribution in [1.29, 1.82) is 0 Å². The molecule has 0 bridgehead atoms. The summed E-state index contributed by atoms with van der Waals surface area (Å²) in [5.41, 5.74) is 0.965. The Bertz CT molecular complexity index is 636. The third-order valence-electron chi connectivity index (χ3n) is 5.79. The quantitative estimate of drug-likeness (QED) is 0.805. The van der Waals surface area contributed by atoms with Crippen LogP contribution in [0.1, 0.15) is 38.3 Å². The molecule has 142 valence electrons. The second-order valence-electron chi connectivity index (χ2n) is 7.82. The fraction of sp³-hybridized carbons (Fsp3) is 0.650. The van der Waals surface area contributed by atoms with Crippen LogP contribution in [0.25, 0.3) is 0 Å². The van der Waals surface area contributed by atoms with E-state index in [0.29, 0.717) is 19.5 Å². The number of carbonyl (C=O) groups is 2. The van der Waals surface area contributed by atoms with Gasteiger partial charge in [-0.25, -0.2) is 0 Å². The zero-order valence-electron chi connectivity index (χ0n) is 16.0. The minimum atomic E-state index is 0.0430. The number of pyridine rings is 1. The Balaban J connectivity index is 1.66. The van der Waals surface area contributed by atoms with Crippen LogP contribution in [0.4, 0.5) is 0 Å². The van der Waals surface area contributed by atoms with Crippen molar-refractivity contribution in [3.63, 3.8) is 0 Å². The third-order valence-corrected chi connectivity index (χ3v) is 5.79. The molecule has 0 aromatic carbocycles. The van der Waals surface area contributed by atoms with Crippen molar-refractivity contribution in [3.05, 3.63) is 30.1 Å². The molecule has 0 unspecified atom stereocenters. The molecule has 1 aromatic heterocycles. The first kappa shape index (κ1) is 18.8. The van der Waals surface area contributed by atoms with Gasteiger partial charge in [-0.3, -0.25) is 19.5 Å². The number of hydrogen-bond acceptors (Lipinski definition) is 4. The topological polar surface area (TPSA) is 56.8 Å². The molecule has 0 saturated carbocycles. The molecule has 1 atom stereocenters. The first-order valence-corrected chi connectivity index (χ1v) is 9.65. The maximum Gasteiger partial charge on any atom is 0.236 e. The van der Waals surface area contributed by atoms with Crippen LogP contribution in [-0.2, 0) is 16.1 Å². The molecule has 2 amide bonds. The van der Waals surface area contributed by atoms with Crippen LogP contribution in [0.15, 0.2) is 24.4 Å². The Hall–Kier alpha value is -1.95. The lowest BCUT2D eigenvalue weighted by molar-refractivity contribution is -0.144. The summed E-state index contributed by atoms with van der Waals surface area (Å²) in [5, 5.41) is 0. The van der Waals surface area contributed by atoms with Gasteiger partial charge in [0.15, 0.2) is 0 Å². The maximum absolute atomic E-state index is 12.6. The SMILES string of the molecule is CCN(C)CC(=O)N1CCC[C@]2(CCC(=O)N(Cc3ccccn3)C2)C1. The highest BCUT2D eigenvalue weighted by molar-refractivity contribution is 5.79. The van der Waals surface area contributed by atoms with E-state index in [1.54, 1.807) is 6.20 Å². The minimum Gasteiger partial charge on any atom is -0.341 e. The minimum absolute atomic E-state index is 0.0430. The molecule has 6 nitrogen and oxygen atoms in total. The van der Waals surface area contributed by atoms with Crippen LogP contribution in [0.2, 0.25) is 0 Å². The lowest BCUT2D eigenvalue weighted by Gasteiger charge is -2.48. The van der Waals surface area contributed by atoms with E-state index >= 15 is 0 Å². The molecule has 0 N–H and O–H groups in total. The number of piperidine rings is 2. The monoisotopic (exact) mass is 358 g/mol. The zero-order chi connectivity index (χ0) is 18.6. The Morgan fingerprint density at radius 2 is 2.15 bits per heavy atom. The molecule has 0 aliphatic carbocycles. The largest absolute Gasteiger partial charge is 0.341 e. The second-order valence-corrected chi connectivity index (χ2v) is 7.82. The molecule has 2 fully saturated rings. The van der Waals surface area contributed by atoms with E-state index in [2.05, 4.69) is 11.9 Å². The number of aromatic nitrogens is 1. The highest BCUT2D eigenvalue weighted by atomic mass is 16.2. The van der Waals surface area contributed by atoms with Crippen molar-refractivity contribution in [1.82, 2.24) is 19.7 Å². The average molecular weight is 358 g/mol. The average Bonchev–Trinajstić information content (AvgIpc) is 2.66. The van der Waals surface area contributed by atoms with E-state index in [9.17, 15) is 9.59 Å². The van der Waals surface area contributed by atoms with E-state index in [4.69, 9.17) is 0 Å². The summed E-state index contributed by atoms with van der Waals surface area (Å²) < 4.78 is 0. The summed E-state index contributed by atoms with van der Waals surface area (Å²) in [6.45, 7) is 6.32. The van der Waals surface area contributed by atoms with Crippen molar-refractivity contribution in [2.45, 2.75) is 39.2 Å².